The molecular formula is C17H20N4O. The lowest BCUT2D eigenvalue weighted by Gasteiger charge is -2.17. The van der Waals surface area contributed by atoms with E-state index in [4.69, 9.17) is 0 Å². The number of para-hydroxylation sites is 1. The second-order valence-electron chi connectivity index (χ2n) is 5.58. The molecule has 1 unspecified atom stereocenters. The van der Waals surface area contributed by atoms with Crippen molar-refractivity contribution in [1.82, 2.24) is 9.97 Å². The van der Waals surface area contributed by atoms with Crippen LogP contribution in [0, 0.1) is 0 Å². The van der Waals surface area contributed by atoms with Crippen molar-refractivity contribution in [2.75, 3.05) is 16.8 Å². The van der Waals surface area contributed by atoms with Crippen molar-refractivity contribution in [3.05, 3.63) is 47.8 Å². The molecule has 1 aliphatic heterocycles. The van der Waals surface area contributed by atoms with Gasteiger partial charge in [0.05, 0.1) is 5.56 Å². The monoisotopic (exact) mass is 296 g/mol. The van der Waals surface area contributed by atoms with Crippen LogP contribution in [0.5, 0.6) is 0 Å². The Morgan fingerprint density at radius 1 is 1.32 bits per heavy atom. The summed E-state index contributed by atoms with van der Waals surface area (Å²) in [5.74, 6) is 0.521. The van der Waals surface area contributed by atoms with E-state index in [1.54, 1.807) is 17.3 Å². The molecule has 1 atom stereocenters. The standard InChI is InChI=1S/C17H20N4O/c1-3-12(2)20-17-18-10-14(11-19-17)16(22)21-9-8-13-6-4-5-7-15(13)21/h4-7,10-12H,3,8-9H2,1-2H3,(H,18,19,20). The summed E-state index contributed by atoms with van der Waals surface area (Å²) in [4.78, 5) is 22.9. The van der Waals surface area contributed by atoms with Crippen LogP contribution in [-0.2, 0) is 6.42 Å². The van der Waals surface area contributed by atoms with E-state index in [-0.39, 0.29) is 5.91 Å². The number of carbonyl (C=O) groups is 1. The van der Waals surface area contributed by atoms with E-state index in [0.717, 1.165) is 18.5 Å². The second kappa shape index (κ2) is 6.13. The van der Waals surface area contributed by atoms with E-state index in [0.29, 0.717) is 24.1 Å². The Hall–Kier alpha value is -2.43. The van der Waals surface area contributed by atoms with E-state index in [2.05, 4.69) is 35.2 Å². The maximum Gasteiger partial charge on any atom is 0.261 e. The van der Waals surface area contributed by atoms with Gasteiger partial charge in [-0.15, -0.1) is 0 Å². The first-order valence-corrected chi connectivity index (χ1v) is 7.67. The van der Waals surface area contributed by atoms with Gasteiger partial charge in [-0.2, -0.15) is 0 Å². The zero-order chi connectivity index (χ0) is 15.5. The van der Waals surface area contributed by atoms with Gasteiger partial charge < -0.3 is 10.2 Å². The van der Waals surface area contributed by atoms with Crippen LogP contribution in [-0.4, -0.2) is 28.5 Å². The van der Waals surface area contributed by atoms with Crippen LogP contribution in [0.3, 0.4) is 0 Å². The van der Waals surface area contributed by atoms with Gasteiger partial charge >= 0.3 is 0 Å². The lowest BCUT2D eigenvalue weighted by molar-refractivity contribution is 0.0988. The molecule has 0 bridgehead atoms. The molecule has 1 N–H and O–H groups in total. The molecule has 1 aromatic heterocycles. The quantitative estimate of drug-likeness (QED) is 0.942. The minimum Gasteiger partial charge on any atom is -0.352 e. The van der Waals surface area contributed by atoms with Crippen LogP contribution in [0.15, 0.2) is 36.7 Å². The number of hydrogen-bond acceptors (Lipinski definition) is 4. The topological polar surface area (TPSA) is 58.1 Å². The fourth-order valence-corrected chi connectivity index (χ4v) is 2.54. The van der Waals surface area contributed by atoms with Crippen molar-refractivity contribution in [3.63, 3.8) is 0 Å². The molecule has 114 valence electrons. The Bertz CT molecular complexity index is 669. The van der Waals surface area contributed by atoms with Crippen molar-refractivity contribution in [1.29, 1.82) is 0 Å². The largest absolute Gasteiger partial charge is 0.352 e. The number of benzene rings is 1. The Morgan fingerprint density at radius 3 is 2.77 bits per heavy atom. The summed E-state index contributed by atoms with van der Waals surface area (Å²) in [6, 6.07) is 8.33. The number of nitrogens with zero attached hydrogens (tertiary/aromatic N) is 3. The lowest BCUT2D eigenvalue weighted by atomic mass is 10.2. The number of aromatic nitrogens is 2. The molecule has 1 aliphatic rings. The highest BCUT2D eigenvalue weighted by Gasteiger charge is 2.25. The first kappa shape index (κ1) is 14.5. The fourth-order valence-electron chi connectivity index (χ4n) is 2.54. The average molecular weight is 296 g/mol. The van der Waals surface area contributed by atoms with Gasteiger partial charge in [-0.05, 0) is 31.4 Å². The Kier molecular flexibility index (Phi) is 4.04. The van der Waals surface area contributed by atoms with Crippen LogP contribution in [0.2, 0.25) is 0 Å². The maximum absolute atomic E-state index is 12.6. The van der Waals surface area contributed by atoms with E-state index in [9.17, 15) is 4.79 Å². The number of hydrogen-bond donors (Lipinski definition) is 1. The molecule has 2 heterocycles. The molecule has 22 heavy (non-hydrogen) atoms. The molecule has 0 saturated carbocycles. The summed E-state index contributed by atoms with van der Waals surface area (Å²) in [5, 5.41) is 3.20. The van der Waals surface area contributed by atoms with E-state index >= 15 is 0 Å². The zero-order valence-corrected chi connectivity index (χ0v) is 12.9. The highest BCUT2D eigenvalue weighted by atomic mass is 16.2. The number of amides is 1. The third-order valence-electron chi connectivity index (χ3n) is 4.02. The Morgan fingerprint density at radius 2 is 2.05 bits per heavy atom. The smallest absolute Gasteiger partial charge is 0.261 e. The molecule has 1 aromatic carbocycles. The third-order valence-corrected chi connectivity index (χ3v) is 4.02. The highest BCUT2D eigenvalue weighted by Crippen LogP contribution is 2.28. The molecule has 1 amide bonds. The van der Waals surface area contributed by atoms with E-state index in [1.165, 1.54) is 5.56 Å². The minimum absolute atomic E-state index is 0.0416. The molecule has 0 fully saturated rings. The van der Waals surface area contributed by atoms with E-state index < -0.39 is 0 Å². The van der Waals surface area contributed by atoms with Gasteiger partial charge in [0.1, 0.15) is 0 Å². The Balaban J connectivity index is 1.76. The lowest BCUT2D eigenvalue weighted by Crippen LogP contribution is -2.29. The van der Waals surface area contributed by atoms with Crippen LogP contribution in [0.25, 0.3) is 0 Å². The zero-order valence-electron chi connectivity index (χ0n) is 12.9. The number of carbonyl (C=O) groups excluding carboxylic acids is 1. The molecule has 0 aliphatic carbocycles. The second-order valence-corrected chi connectivity index (χ2v) is 5.58. The molecular weight excluding hydrogens is 276 g/mol. The molecule has 3 rings (SSSR count). The normalized spacial score (nSPS) is 14.5. The van der Waals surface area contributed by atoms with Crippen LogP contribution in [0.4, 0.5) is 11.6 Å². The number of anilines is 2. The molecule has 5 heteroatoms. The summed E-state index contributed by atoms with van der Waals surface area (Å²) >= 11 is 0. The SMILES string of the molecule is CCC(C)Nc1ncc(C(=O)N2CCc3ccccc32)cn1. The molecule has 2 aromatic rings. The first-order chi connectivity index (χ1) is 10.7. The average Bonchev–Trinajstić information content (AvgIpc) is 2.99. The van der Waals surface area contributed by atoms with Gasteiger partial charge in [0.15, 0.2) is 0 Å². The predicted octanol–water partition coefficient (Wildman–Crippen LogP) is 2.89. The summed E-state index contributed by atoms with van der Waals surface area (Å²) < 4.78 is 0. The molecule has 0 spiro atoms. The number of nitrogens with one attached hydrogen (secondary N) is 1. The van der Waals surface area contributed by atoms with Crippen LogP contribution < -0.4 is 10.2 Å². The van der Waals surface area contributed by atoms with Gasteiger partial charge in [0.2, 0.25) is 5.95 Å². The highest BCUT2D eigenvalue weighted by molar-refractivity contribution is 6.06. The van der Waals surface area contributed by atoms with Gasteiger partial charge in [0, 0.05) is 30.7 Å². The first-order valence-electron chi connectivity index (χ1n) is 7.67. The van der Waals surface area contributed by atoms with E-state index in [1.807, 2.05) is 18.2 Å². The van der Waals surface area contributed by atoms with Crippen molar-refractivity contribution < 1.29 is 4.79 Å². The van der Waals surface area contributed by atoms with Crippen molar-refractivity contribution in [2.45, 2.75) is 32.7 Å². The number of fused-ring (bicyclic) bond motifs is 1. The summed E-state index contributed by atoms with van der Waals surface area (Å²) in [6.45, 7) is 4.88. The molecule has 0 radical (unpaired) electrons. The summed E-state index contributed by atoms with van der Waals surface area (Å²) in [5.41, 5.74) is 2.73. The van der Waals surface area contributed by atoms with Gasteiger partial charge in [-0.3, -0.25) is 4.79 Å². The van der Waals surface area contributed by atoms with Gasteiger partial charge in [0.25, 0.3) is 5.91 Å². The van der Waals surface area contributed by atoms with Crippen molar-refractivity contribution in [3.8, 4) is 0 Å². The van der Waals surface area contributed by atoms with Gasteiger partial charge in [-0.1, -0.05) is 25.1 Å². The van der Waals surface area contributed by atoms with Crippen molar-refractivity contribution >= 4 is 17.5 Å². The maximum atomic E-state index is 12.6. The number of rotatable bonds is 4. The summed E-state index contributed by atoms with van der Waals surface area (Å²) in [6.07, 6.45) is 5.09. The summed E-state index contributed by atoms with van der Waals surface area (Å²) in [7, 11) is 0. The predicted molar refractivity (Wildman–Crippen MR) is 87.2 cm³/mol. The van der Waals surface area contributed by atoms with Gasteiger partial charge in [-0.25, -0.2) is 9.97 Å². The fraction of sp³-hybridized carbons (Fsp3) is 0.353. The molecule has 0 saturated heterocycles. The van der Waals surface area contributed by atoms with Crippen LogP contribution >= 0.6 is 0 Å². The van der Waals surface area contributed by atoms with Crippen molar-refractivity contribution in [2.24, 2.45) is 0 Å². The minimum atomic E-state index is -0.0416. The van der Waals surface area contributed by atoms with Crippen LogP contribution in [0.1, 0.15) is 36.2 Å². The molecule has 5 nitrogen and oxygen atoms in total. The Labute approximate surface area is 130 Å². The third kappa shape index (κ3) is 2.79.